The molecule has 2 aliphatic rings. The molecule has 0 aromatic heterocycles. The molecule has 7 nitrogen and oxygen atoms in total. The number of rotatable bonds is 4. The van der Waals surface area contributed by atoms with Crippen molar-refractivity contribution in [2.75, 3.05) is 18.0 Å². The topological polar surface area (TPSA) is 83.8 Å². The van der Waals surface area contributed by atoms with E-state index in [0.29, 0.717) is 41.5 Å². The van der Waals surface area contributed by atoms with Crippen LogP contribution in [0.3, 0.4) is 0 Å². The van der Waals surface area contributed by atoms with Gasteiger partial charge in [-0.05, 0) is 55.5 Å². The third-order valence-corrected chi connectivity index (χ3v) is 5.82. The Balaban J connectivity index is 1.79. The molecule has 1 saturated heterocycles. The molecule has 0 unspecified atom stereocenters. The predicted octanol–water partition coefficient (Wildman–Crippen LogP) is 3.92. The first kappa shape index (κ1) is 19.8. The van der Waals surface area contributed by atoms with Crippen LogP contribution in [0.1, 0.15) is 30.9 Å². The van der Waals surface area contributed by atoms with Crippen LogP contribution < -0.4 is 4.90 Å². The Bertz CT molecular complexity index is 1030. The Morgan fingerprint density at radius 2 is 1.53 bits per heavy atom. The molecular weight excluding hydrogens is 382 g/mol. The van der Waals surface area contributed by atoms with E-state index in [1.807, 2.05) is 24.0 Å². The molecule has 2 amide bonds. The Labute approximate surface area is 174 Å². The van der Waals surface area contributed by atoms with Gasteiger partial charge in [-0.1, -0.05) is 24.6 Å². The maximum absolute atomic E-state index is 13.4. The predicted molar refractivity (Wildman–Crippen MR) is 114 cm³/mol. The number of likely N-dealkylation sites (tertiary alicyclic amines) is 1. The molecule has 0 bridgehead atoms. The van der Waals surface area contributed by atoms with E-state index in [4.69, 9.17) is 0 Å². The van der Waals surface area contributed by atoms with Gasteiger partial charge in [-0.3, -0.25) is 19.7 Å². The van der Waals surface area contributed by atoms with Gasteiger partial charge in [0.05, 0.1) is 16.2 Å². The van der Waals surface area contributed by atoms with E-state index in [2.05, 4.69) is 6.92 Å². The minimum absolute atomic E-state index is 0.0557. The molecule has 7 heteroatoms. The number of hydrogen-bond acceptors (Lipinski definition) is 5. The number of benzene rings is 2. The summed E-state index contributed by atoms with van der Waals surface area (Å²) in [5.41, 5.74) is 2.72. The zero-order valence-electron chi connectivity index (χ0n) is 17.0. The Morgan fingerprint density at radius 3 is 2.10 bits per heavy atom. The van der Waals surface area contributed by atoms with Crippen molar-refractivity contribution in [1.82, 2.24) is 4.90 Å². The van der Waals surface area contributed by atoms with E-state index in [0.717, 1.165) is 18.4 Å². The molecule has 30 heavy (non-hydrogen) atoms. The molecule has 4 rings (SSSR count). The van der Waals surface area contributed by atoms with Gasteiger partial charge < -0.3 is 4.90 Å². The monoisotopic (exact) mass is 405 g/mol. The molecule has 1 fully saturated rings. The third-order valence-electron chi connectivity index (χ3n) is 5.82. The Morgan fingerprint density at radius 1 is 0.933 bits per heavy atom. The van der Waals surface area contributed by atoms with E-state index < -0.39 is 10.8 Å². The summed E-state index contributed by atoms with van der Waals surface area (Å²) in [4.78, 5) is 40.6. The third kappa shape index (κ3) is 3.47. The summed E-state index contributed by atoms with van der Waals surface area (Å²) in [6, 6.07) is 13.1. The number of aryl methyl sites for hydroxylation is 1. The quantitative estimate of drug-likeness (QED) is 0.437. The van der Waals surface area contributed by atoms with Crippen molar-refractivity contribution in [1.29, 1.82) is 0 Å². The molecule has 0 spiro atoms. The lowest BCUT2D eigenvalue weighted by atomic mass is 9.97. The van der Waals surface area contributed by atoms with Crippen LogP contribution in [-0.4, -0.2) is 34.7 Å². The number of carbonyl (C=O) groups excluding carboxylic acids is 2. The lowest BCUT2D eigenvalue weighted by Gasteiger charge is -2.32. The molecule has 2 heterocycles. The number of non-ortho nitro benzene ring substituents is 1. The zero-order chi connectivity index (χ0) is 21.4. The standard InChI is InChI=1S/C23H23N3O4/c1-15-3-7-18(8-4-15)25-22(27)20(17-5-9-19(10-6-17)26(29)30)21(23(25)28)24-13-11-16(2)12-14-24/h3-10,16H,11-14H2,1-2H3. The van der Waals surface area contributed by atoms with Crippen molar-refractivity contribution >= 4 is 28.8 Å². The van der Waals surface area contributed by atoms with Gasteiger partial charge in [0.2, 0.25) is 0 Å². The molecule has 0 radical (unpaired) electrons. The molecule has 2 aromatic carbocycles. The number of hydrogen-bond donors (Lipinski definition) is 0. The Kier molecular flexibility index (Phi) is 5.11. The number of nitro groups is 1. The number of piperidine rings is 1. The lowest BCUT2D eigenvalue weighted by Crippen LogP contribution is -2.38. The van der Waals surface area contributed by atoms with Crippen molar-refractivity contribution in [3.63, 3.8) is 0 Å². The van der Waals surface area contributed by atoms with Gasteiger partial charge in [0.1, 0.15) is 5.70 Å². The second kappa shape index (κ2) is 7.74. The lowest BCUT2D eigenvalue weighted by molar-refractivity contribution is -0.384. The second-order valence-electron chi connectivity index (χ2n) is 7.98. The summed E-state index contributed by atoms with van der Waals surface area (Å²) in [7, 11) is 0. The summed E-state index contributed by atoms with van der Waals surface area (Å²) in [6.45, 7) is 5.53. The summed E-state index contributed by atoms with van der Waals surface area (Å²) in [5.74, 6) is -0.164. The molecule has 2 aromatic rings. The highest BCUT2D eigenvalue weighted by atomic mass is 16.6. The van der Waals surface area contributed by atoms with E-state index in [9.17, 15) is 19.7 Å². The van der Waals surface area contributed by atoms with Crippen LogP contribution in [0.4, 0.5) is 11.4 Å². The van der Waals surface area contributed by atoms with Gasteiger partial charge in [0.15, 0.2) is 0 Å². The second-order valence-corrected chi connectivity index (χ2v) is 7.98. The number of amides is 2. The van der Waals surface area contributed by atoms with Gasteiger partial charge in [-0.2, -0.15) is 0 Å². The minimum atomic E-state index is -0.481. The molecule has 0 aliphatic carbocycles. The normalized spacial score (nSPS) is 17.8. The zero-order valence-corrected chi connectivity index (χ0v) is 17.0. The van der Waals surface area contributed by atoms with Crippen LogP contribution in [0.25, 0.3) is 5.57 Å². The van der Waals surface area contributed by atoms with E-state index in [-0.39, 0.29) is 11.6 Å². The van der Waals surface area contributed by atoms with Crippen LogP contribution in [-0.2, 0) is 9.59 Å². The molecule has 0 atom stereocenters. The average molecular weight is 405 g/mol. The first-order chi connectivity index (χ1) is 14.4. The fourth-order valence-corrected chi connectivity index (χ4v) is 3.98. The van der Waals surface area contributed by atoms with Crippen LogP contribution in [0, 0.1) is 23.0 Å². The average Bonchev–Trinajstić information content (AvgIpc) is 3.00. The largest absolute Gasteiger partial charge is 0.366 e. The van der Waals surface area contributed by atoms with Gasteiger partial charge in [0, 0.05) is 25.2 Å². The summed E-state index contributed by atoms with van der Waals surface area (Å²) < 4.78 is 0. The summed E-state index contributed by atoms with van der Waals surface area (Å²) >= 11 is 0. The van der Waals surface area contributed by atoms with Crippen molar-refractivity contribution < 1.29 is 14.5 Å². The first-order valence-electron chi connectivity index (χ1n) is 10.1. The fourth-order valence-electron chi connectivity index (χ4n) is 3.98. The van der Waals surface area contributed by atoms with Crippen molar-refractivity contribution in [3.05, 3.63) is 75.5 Å². The molecular formula is C23H23N3O4. The van der Waals surface area contributed by atoms with Crippen molar-refractivity contribution in [2.24, 2.45) is 5.92 Å². The van der Waals surface area contributed by atoms with Gasteiger partial charge in [-0.15, -0.1) is 0 Å². The van der Waals surface area contributed by atoms with Crippen LogP contribution in [0.15, 0.2) is 54.2 Å². The molecule has 0 saturated carbocycles. The first-order valence-corrected chi connectivity index (χ1v) is 10.1. The number of imide groups is 1. The molecule has 0 N–H and O–H groups in total. The van der Waals surface area contributed by atoms with Crippen molar-refractivity contribution in [3.8, 4) is 0 Å². The van der Waals surface area contributed by atoms with E-state index >= 15 is 0 Å². The maximum Gasteiger partial charge on any atom is 0.282 e. The highest BCUT2D eigenvalue weighted by Crippen LogP contribution is 2.36. The number of nitrogens with zero attached hydrogens (tertiary/aromatic N) is 3. The van der Waals surface area contributed by atoms with E-state index in [1.54, 1.807) is 24.3 Å². The van der Waals surface area contributed by atoms with Crippen LogP contribution in [0.5, 0.6) is 0 Å². The number of anilines is 1. The highest BCUT2D eigenvalue weighted by Gasteiger charge is 2.43. The van der Waals surface area contributed by atoms with Gasteiger partial charge >= 0.3 is 0 Å². The summed E-state index contributed by atoms with van der Waals surface area (Å²) in [6.07, 6.45) is 1.89. The van der Waals surface area contributed by atoms with Gasteiger partial charge in [-0.25, -0.2) is 4.90 Å². The number of nitro benzene ring substituents is 1. The number of carbonyl (C=O) groups is 2. The Hall–Kier alpha value is -3.48. The fraction of sp³-hybridized carbons (Fsp3) is 0.304. The van der Waals surface area contributed by atoms with Crippen LogP contribution >= 0.6 is 0 Å². The van der Waals surface area contributed by atoms with Gasteiger partial charge in [0.25, 0.3) is 17.5 Å². The van der Waals surface area contributed by atoms with Crippen molar-refractivity contribution in [2.45, 2.75) is 26.7 Å². The molecule has 2 aliphatic heterocycles. The van der Waals surface area contributed by atoms with Crippen LogP contribution in [0.2, 0.25) is 0 Å². The molecule has 154 valence electrons. The van der Waals surface area contributed by atoms with E-state index in [1.165, 1.54) is 17.0 Å². The SMILES string of the molecule is Cc1ccc(N2C(=O)C(c3ccc([N+](=O)[O-])cc3)=C(N3CCC(C)CC3)C2=O)cc1. The maximum atomic E-state index is 13.4. The summed E-state index contributed by atoms with van der Waals surface area (Å²) in [5, 5.41) is 11.0. The minimum Gasteiger partial charge on any atom is -0.366 e. The smallest absolute Gasteiger partial charge is 0.282 e. The highest BCUT2D eigenvalue weighted by molar-refractivity contribution is 6.45.